The number of esters is 1. The molecule has 128 valence electrons. The molecular formula is C21H13ClINO2. The summed E-state index contributed by atoms with van der Waals surface area (Å²) in [7, 11) is 0. The molecule has 0 amide bonds. The van der Waals surface area contributed by atoms with E-state index in [4.69, 9.17) is 16.3 Å². The predicted octanol–water partition coefficient (Wildman–Crippen LogP) is 5.75. The Balaban J connectivity index is 1.81. The number of nitrogens with zero attached hydrogens (tertiary/aromatic N) is 1. The molecule has 0 saturated heterocycles. The Kier molecular flexibility index (Phi) is 4.54. The van der Waals surface area contributed by atoms with Crippen molar-refractivity contribution < 1.29 is 9.53 Å². The monoisotopic (exact) mass is 473 g/mol. The summed E-state index contributed by atoms with van der Waals surface area (Å²) in [4.78, 5) is 16.7. The second-order valence-corrected chi connectivity index (χ2v) is 7.63. The Bertz CT molecular complexity index is 1120. The van der Waals surface area contributed by atoms with E-state index in [2.05, 4.69) is 40.6 Å². The van der Waals surface area contributed by atoms with Crippen LogP contribution in [0.1, 0.15) is 16.7 Å². The zero-order valence-corrected chi connectivity index (χ0v) is 16.7. The molecule has 5 heteroatoms. The summed E-state index contributed by atoms with van der Waals surface area (Å²) in [6.07, 6.45) is 1.76. The van der Waals surface area contributed by atoms with Gasteiger partial charge in [-0.1, -0.05) is 48.0 Å². The Hall–Kier alpha value is -2.18. The van der Waals surface area contributed by atoms with Gasteiger partial charge in [0, 0.05) is 3.57 Å². The lowest BCUT2D eigenvalue weighted by Gasteiger charge is -2.05. The van der Waals surface area contributed by atoms with Crippen molar-refractivity contribution in [2.75, 3.05) is 0 Å². The van der Waals surface area contributed by atoms with E-state index in [-0.39, 0.29) is 11.6 Å². The van der Waals surface area contributed by atoms with Gasteiger partial charge in [-0.25, -0.2) is 9.79 Å². The van der Waals surface area contributed by atoms with E-state index in [0.29, 0.717) is 10.6 Å². The second kappa shape index (κ2) is 6.85. The molecule has 0 aromatic heterocycles. The second-order valence-electron chi connectivity index (χ2n) is 5.98. The molecular weight excluding hydrogens is 461 g/mol. The molecule has 26 heavy (non-hydrogen) atoms. The summed E-state index contributed by atoms with van der Waals surface area (Å²) in [6.45, 7) is 2.07. The first kappa shape index (κ1) is 17.2. The maximum absolute atomic E-state index is 12.3. The molecule has 0 bridgehead atoms. The van der Waals surface area contributed by atoms with Crippen molar-refractivity contribution in [2.24, 2.45) is 4.99 Å². The van der Waals surface area contributed by atoms with Gasteiger partial charge in [0.25, 0.3) is 0 Å². The van der Waals surface area contributed by atoms with Crippen LogP contribution in [0.5, 0.6) is 0 Å². The van der Waals surface area contributed by atoms with Gasteiger partial charge in [0.05, 0.1) is 10.6 Å². The third-order valence-electron chi connectivity index (χ3n) is 4.25. The molecule has 0 fully saturated rings. The minimum Gasteiger partial charge on any atom is -0.402 e. The van der Waals surface area contributed by atoms with Crippen LogP contribution in [0.2, 0.25) is 5.02 Å². The van der Waals surface area contributed by atoms with Gasteiger partial charge in [0.1, 0.15) is 0 Å². The predicted molar refractivity (Wildman–Crippen MR) is 113 cm³/mol. The number of cyclic esters (lactones) is 1. The van der Waals surface area contributed by atoms with Gasteiger partial charge in [-0.15, -0.1) is 0 Å². The molecule has 0 radical (unpaired) electrons. The standard InChI is InChI=1S/C21H13ClINO2/c1-12-6-7-13(16-5-3-2-4-15(12)16)10-19-21(25)26-20(24-19)17-11-14(23)8-9-18(17)22/h2-11H,1H3/b19-10-. The van der Waals surface area contributed by atoms with E-state index in [1.165, 1.54) is 5.56 Å². The lowest BCUT2D eigenvalue weighted by molar-refractivity contribution is -0.129. The molecule has 1 heterocycles. The van der Waals surface area contributed by atoms with Crippen LogP contribution < -0.4 is 0 Å². The number of halogens is 2. The first-order valence-electron chi connectivity index (χ1n) is 7.99. The Morgan fingerprint density at radius 2 is 1.85 bits per heavy atom. The number of hydrogen-bond acceptors (Lipinski definition) is 3. The van der Waals surface area contributed by atoms with Gasteiger partial charge < -0.3 is 4.74 Å². The van der Waals surface area contributed by atoms with E-state index in [1.54, 1.807) is 12.1 Å². The number of carbonyl (C=O) groups is 1. The van der Waals surface area contributed by atoms with Crippen LogP contribution >= 0.6 is 34.2 Å². The van der Waals surface area contributed by atoms with Crippen molar-refractivity contribution in [2.45, 2.75) is 6.92 Å². The molecule has 0 atom stereocenters. The number of aryl methyl sites for hydroxylation is 1. The Labute approximate surface area is 169 Å². The quantitative estimate of drug-likeness (QED) is 0.270. The summed E-state index contributed by atoms with van der Waals surface area (Å²) in [5.41, 5.74) is 3.00. The number of rotatable bonds is 2. The van der Waals surface area contributed by atoms with Crippen LogP contribution in [0.4, 0.5) is 0 Å². The summed E-state index contributed by atoms with van der Waals surface area (Å²) in [5.74, 6) is -0.235. The highest BCUT2D eigenvalue weighted by atomic mass is 127. The van der Waals surface area contributed by atoms with Crippen molar-refractivity contribution in [1.29, 1.82) is 0 Å². The van der Waals surface area contributed by atoms with Crippen molar-refractivity contribution >= 4 is 62.9 Å². The first-order valence-corrected chi connectivity index (χ1v) is 9.45. The van der Waals surface area contributed by atoms with Crippen molar-refractivity contribution in [3.05, 3.63) is 85.6 Å². The van der Waals surface area contributed by atoms with Gasteiger partial charge in [0.2, 0.25) is 5.90 Å². The number of hydrogen-bond donors (Lipinski definition) is 0. The fraction of sp³-hybridized carbons (Fsp3) is 0.0476. The summed E-state index contributed by atoms with van der Waals surface area (Å²) < 4.78 is 6.35. The van der Waals surface area contributed by atoms with Crippen LogP contribution in [-0.4, -0.2) is 11.9 Å². The molecule has 1 aliphatic heterocycles. The third-order valence-corrected chi connectivity index (χ3v) is 5.25. The van der Waals surface area contributed by atoms with Gasteiger partial charge in [-0.3, -0.25) is 0 Å². The molecule has 0 aliphatic carbocycles. The number of benzene rings is 3. The Morgan fingerprint density at radius 1 is 1.08 bits per heavy atom. The van der Waals surface area contributed by atoms with Crippen LogP contribution in [0, 0.1) is 10.5 Å². The molecule has 0 N–H and O–H groups in total. The number of fused-ring (bicyclic) bond motifs is 1. The van der Waals surface area contributed by atoms with Crippen LogP contribution in [-0.2, 0) is 9.53 Å². The van der Waals surface area contributed by atoms with Crippen LogP contribution in [0.3, 0.4) is 0 Å². The molecule has 3 aromatic carbocycles. The minimum absolute atomic E-state index is 0.237. The smallest absolute Gasteiger partial charge is 0.363 e. The highest BCUT2D eigenvalue weighted by Crippen LogP contribution is 2.28. The average Bonchev–Trinajstić information content (AvgIpc) is 3.00. The van der Waals surface area contributed by atoms with E-state index in [0.717, 1.165) is 19.9 Å². The number of aliphatic imine (C=N–C) groups is 1. The van der Waals surface area contributed by atoms with Gasteiger partial charge in [0.15, 0.2) is 5.70 Å². The maximum atomic E-state index is 12.3. The van der Waals surface area contributed by atoms with E-state index in [9.17, 15) is 4.79 Å². The minimum atomic E-state index is -0.473. The SMILES string of the molecule is Cc1ccc(/C=C2\N=C(c3cc(I)ccc3Cl)OC2=O)c2ccccc12. The fourth-order valence-electron chi connectivity index (χ4n) is 2.93. The van der Waals surface area contributed by atoms with Gasteiger partial charge in [-0.2, -0.15) is 0 Å². The van der Waals surface area contributed by atoms with E-state index >= 15 is 0 Å². The first-order chi connectivity index (χ1) is 12.5. The van der Waals surface area contributed by atoms with Crippen molar-refractivity contribution in [3.8, 4) is 0 Å². The molecule has 1 aliphatic rings. The fourth-order valence-corrected chi connectivity index (χ4v) is 3.62. The summed E-state index contributed by atoms with van der Waals surface area (Å²) in [6, 6.07) is 17.6. The largest absolute Gasteiger partial charge is 0.402 e. The van der Waals surface area contributed by atoms with Crippen LogP contribution in [0.15, 0.2) is 65.3 Å². The summed E-state index contributed by atoms with van der Waals surface area (Å²) >= 11 is 8.41. The molecule has 0 spiro atoms. The summed E-state index contributed by atoms with van der Waals surface area (Å²) in [5, 5.41) is 2.72. The number of ether oxygens (including phenoxy) is 1. The topological polar surface area (TPSA) is 38.7 Å². The highest BCUT2D eigenvalue weighted by molar-refractivity contribution is 14.1. The number of carbonyl (C=O) groups excluding carboxylic acids is 1. The molecule has 0 saturated carbocycles. The molecule has 0 unspecified atom stereocenters. The normalized spacial score (nSPS) is 15.4. The van der Waals surface area contributed by atoms with Crippen LogP contribution in [0.25, 0.3) is 16.8 Å². The lowest BCUT2D eigenvalue weighted by atomic mass is 10.00. The highest BCUT2D eigenvalue weighted by Gasteiger charge is 2.26. The third kappa shape index (κ3) is 3.15. The zero-order chi connectivity index (χ0) is 18.3. The average molecular weight is 474 g/mol. The van der Waals surface area contributed by atoms with Crippen molar-refractivity contribution in [3.63, 3.8) is 0 Å². The molecule has 3 nitrogen and oxygen atoms in total. The molecule has 4 rings (SSSR count). The lowest BCUT2D eigenvalue weighted by Crippen LogP contribution is -2.06. The van der Waals surface area contributed by atoms with E-state index < -0.39 is 5.97 Å². The van der Waals surface area contributed by atoms with Gasteiger partial charge in [-0.05, 0) is 75.7 Å². The zero-order valence-electron chi connectivity index (χ0n) is 13.8. The van der Waals surface area contributed by atoms with Crippen molar-refractivity contribution in [1.82, 2.24) is 0 Å². The molecule has 3 aromatic rings. The maximum Gasteiger partial charge on any atom is 0.363 e. The van der Waals surface area contributed by atoms with E-state index in [1.807, 2.05) is 42.5 Å². The van der Waals surface area contributed by atoms with Gasteiger partial charge >= 0.3 is 5.97 Å². The Morgan fingerprint density at radius 3 is 2.65 bits per heavy atom.